The molecule has 0 unspecified atom stereocenters. The van der Waals surface area contributed by atoms with Gasteiger partial charge in [-0.3, -0.25) is 14.0 Å². The molecule has 2 atom stereocenters. The maximum absolute atomic E-state index is 13.6. The largest absolute Gasteiger partial charge is 0.392 e. The third-order valence-corrected chi connectivity index (χ3v) is 7.08. The summed E-state index contributed by atoms with van der Waals surface area (Å²) in [6.45, 7) is 2.35. The zero-order valence-corrected chi connectivity index (χ0v) is 18.1. The summed E-state index contributed by atoms with van der Waals surface area (Å²) >= 11 is 0. The molecule has 7 nitrogen and oxygen atoms in total. The predicted molar refractivity (Wildman–Crippen MR) is 122 cm³/mol. The number of hydrogen-bond acceptors (Lipinski definition) is 4. The van der Waals surface area contributed by atoms with Gasteiger partial charge in [0.1, 0.15) is 17.2 Å². The van der Waals surface area contributed by atoms with Crippen molar-refractivity contribution in [2.24, 2.45) is 0 Å². The molecule has 0 spiro atoms. The molecule has 2 aromatic carbocycles. The quantitative estimate of drug-likeness (QED) is 0.494. The van der Waals surface area contributed by atoms with Gasteiger partial charge in [0, 0.05) is 23.7 Å². The van der Waals surface area contributed by atoms with Crippen molar-refractivity contribution in [3.8, 4) is 0 Å². The van der Waals surface area contributed by atoms with Gasteiger partial charge in [-0.1, -0.05) is 6.42 Å². The van der Waals surface area contributed by atoms with E-state index in [9.17, 15) is 19.1 Å². The lowest BCUT2D eigenvalue weighted by Crippen LogP contribution is -2.29. The van der Waals surface area contributed by atoms with Crippen LogP contribution in [-0.2, 0) is 6.42 Å². The molecular formula is C25H23FN4O3. The SMILES string of the molecule is Cc1cc2c(cc1C(=O)N1CCc3cc(F)ccc31)[nH]c(=O)c1cnc([C@H]3CCC[C@H]3O)n12. The van der Waals surface area contributed by atoms with Gasteiger partial charge in [-0.2, -0.15) is 0 Å². The van der Waals surface area contributed by atoms with Crippen molar-refractivity contribution in [3.05, 3.63) is 75.2 Å². The number of hydrogen-bond donors (Lipinski definition) is 2. The number of halogens is 1. The average Bonchev–Trinajstić information content (AvgIpc) is 3.51. The second-order valence-electron chi connectivity index (χ2n) is 9.06. The first kappa shape index (κ1) is 20.1. The van der Waals surface area contributed by atoms with Crippen molar-refractivity contribution >= 4 is 28.1 Å². The maximum atomic E-state index is 13.6. The minimum absolute atomic E-state index is 0.124. The van der Waals surface area contributed by atoms with Gasteiger partial charge in [0.05, 0.1) is 23.3 Å². The van der Waals surface area contributed by atoms with Crippen LogP contribution in [0.4, 0.5) is 10.1 Å². The van der Waals surface area contributed by atoms with Crippen LogP contribution in [0, 0.1) is 12.7 Å². The topological polar surface area (TPSA) is 90.7 Å². The van der Waals surface area contributed by atoms with E-state index in [0.717, 1.165) is 41.6 Å². The van der Waals surface area contributed by atoms with Crippen LogP contribution < -0.4 is 10.5 Å². The van der Waals surface area contributed by atoms with E-state index in [1.165, 1.54) is 12.1 Å². The van der Waals surface area contributed by atoms with E-state index < -0.39 is 6.10 Å². The molecular weight excluding hydrogens is 423 g/mol. The highest BCUT2D eigenvalue weighted by Crippen LogP contribution is 2.35. The first-order valence-corrected chi connectivity index (χ1v) is 11.2. The lowest BCUT2D eigenvalue weighted by atomic mass is 10.0. The Kier molecular flexibility index (Phi) is 4.42. The smallest absolute Gasteiger partial charge is 0.274 e. The van der Waals surface area contributed by atoms with Crippen LogP contribution in [0.1, 0.15) is 52.5 Å². The zero-order chi connectivity index (χ0) is 22.9. The highest BCUT2D eigenvalue weighted by Gasteiger charge is 2.31. The van der Waals surface area contributed by atoms with Crippen molar-refractivity contribution < 1.29 is 14.3 Å². The number of aryl methyl sites for hydroxylation is 1. The monoisotopic (exact) mass is 446 g/mol. The Labute approximate surface area is 188 Å². The number of nitrogens with zero attached hydrogens (tertiary/aromatic N) is 3. The number of rotatable bonds is 2. The minimum atomic E-state index is -0.480. The van der Waals surface area contributed by atoms with Crippen LogP contribution in [0.15, 0.2) is 41.3 Å². The number of aromatic amines is 1. The number of carbonyl (C=O) groups excluding carboxylic acids is 1. The van der Waals surface area contributed by atoms with Gasteiger partial charge in [0.15, 0.2) is 0 Å². The molecule has 1 aliphatic heterocycles. The third-order valence-electron chi connectivity index (χ3n) is 7.08. The number of fused-ring (bicyclic) bond motifs is 4. The van der Waals surface area contributed by atoms with Crippen LogP contribution in [0.2, 0.25) is 0 Å². The van der Waals surface area contributed by atoms with Crippen LogP contribution in [0.3, 0.4) is 0 Å². The Hall–Kier alpha value is -3.52. The number of aliphatic hydroxyl groups excluding tert-OH is 1. The van der Waals surface area contributed by atoms with E-state index in [2.05, 4.69) is 9.97 Å². The van der Waals surface area contributed by atoms with Crippen LogP contribution in [0.5, 0.6) is 0 Å². The summed E-state index contributed by atoms with van der Waals surface area (Å²) in [6.07, 6.45) is 4.13. The Morgan fingerprint density at radius 1 is 1.21 bits per heavy atom. The summed E-state index contributed by atoms with van der Waals surface area (Å²) < 4.78 is 15.4. The van der Waals surface area contributed by atoms with E-state index in [1.54, 1.807) is 23.2 Å². The van der Waals surface area contributed by atoms with E-state index >= 15 is 0 Å². The number of imidazole rings is 1. The minimum Gasteiger partial charge on any atom is -0.392 e. The van der Waals surface area contributed by atoms with Gasteiger partial charge in [-0.25, -0.2) is 9.37 Å². The molecule has 1 aliphatic carbocycles. The van der Waals surface area contributed by atoms with Gasteiger partial charge in [0.25, 0.3) is 11.5 Å². The number of carbonyl (C=O) groups is 1. The van der Waals surface area contributed by atoms with Gasteiger partial charge >= 0.3 is 0 Å². The number of aliphatic hydroxyl groups is 1. The maximum Gasteiger partial charge on any atom is 0.274 e. The van der Waals surface area contributed by atoms with Gasteiger partial charge in [-0.05, 0) is 67.6 Å². The van der Waals surface area contributed by atoms with Crippen LogP contribution >= 0.6 is 0 Å². The summed E-state index contributed by atoms with van der Waals surface area (Å²) in [7, 11) is 0. The average molecular weight is 446 g/mol. The fourth-order valence-corrected chi connectivity index (χ4v) is 5.40. The van der Waals surface area contributed by atoms with Crippen LogP contribution in [0.25, 0.3) is 16.6 Å². The molecule has 2 N–H and O–H groups in total. The van der Waals surface area contributed by atoms with Gasteiger partial charge < -0.3 is 15.0 Å². The molecule has 8 heteroatoms. The highest BCUT2D eigenvalue weighted by molar-refractivity contribution is 6.09. The molecule has 4 aromatic rings. The van der Waals surface area contributed by atoms with Gasteiger partial charge in [0.2, 0.25) is 0 Å². The number of H-pyrrole nitrogens is 1. The van der Waals surface area contributed by atoms with E-state index in [1.807, 2.05) is 17.4 Å². The lowest BCUT2D eigenvalue weighted by molar-refractivity contribution is 0.0989. The van der Waals surface area contributed by atoms with Crippen molar-refractivity contribution in [1.29, 1.82) is 0 Å². The Bertz CT molecular complexity index is 1510. The number of anilines is 1. The van der Waals surface area contributed by atoms with Crippen molar-refractivity contribution in [2.45, 2.75) is 44.6 Å². The molecule has 1 amide bonds. The first-order chi connectivity index (χ1) is 15.9. The summed E-state index contributed by atoms with van der Waals surface area (Å²) in [5.41, 5.74) is 4.19. The Morgan fingerprint density at radius 3 is 2.85 bits per heavy atom. The molecule has 6 rings (SSSR count). The molecule has 3 heterocycles. The second-order valence-corrected chi connectivity index (χ2v) is 9.06. The molecule has 2 aliphatic rings. The Morgan fingerprint density at radius 2 is 2.06 bits per heavy atom. The van der Waals surface area contributed by atoms with Crippen molar-refractivity contribution in [2.75, 3.05) is 11.4 Å². The molecule has 2 aromatic heterocycles. The van der Waals surface area contributed by atoms with Crippen LogP contribution in [-0.4, -0.2) is 38.0 Å². The zero-order valence-electron chi connectivity index (χ0n) is 18.1. The summed E-state index contributed by atoms with van der Waals surface area (Å²) in [6, 6.07) is 8.08. The molecule has 0 bridgehead atoms. The van der Waals surface area contributed by atoms with E-state index in [0.29, 0.717) is 35.4 Å². The number of benzene rings is 2. The number of amides is 1. The fraction of sp³-hybridized carbons (Fsp3) is 0.320. The summed E-state index contributed by atoms with van der Waals surface area (Å²) in [5.74, 6) is 0.0634. The highest BCUT2D eigenvalue weighted by atomic mass is 19.1. The number of nitrogens with one attached hydrogen (secondary N) is 1. The molecule has 0 radical (unpaired) electrons. The molecule has 168 valence electrons. The summed E-state index contributed by atoms with van der Waals surface area (Å²) in [5, 5.41) is 10.4. The fourth-order valence-electron chi connectivity index (χ4n) is 5.40. The predicted octanol–water partition coefficient (Wildman–Crippen LogP) is 3.45. The second kappa shape index (κ2) is 7.25. The van der Waals surface area contributed by atoms with Gasteiger partial charge in [-0.15, -0.1) is 0 Å². The molecule has 1 saturated carbocycles. The van der Waals surface area contributed by atoms with E-state index in [-0.39, 0.29) is 23.2 Å². The standard InChI is InChI=1S/C25H23FN4O3/c1-13-9-20-18(11-17(13)25(33)29-8-7-14-10-15(26)5-6-19(14)29)28-24(32)21-12-27-23(30(20)21)16-3-2-4-22(16)31/h5-6,9-12,16,22,31H,2-4,7-8H2,1H3,(H,28,32)/t16-,22+/m0/s1. The third kappa shape index (κ3) is 3.01. The van der Waals surface area contributed by atoms with Crippen molar-refractivity contribution in [1.82, 2.24) is 14.4 Å². The van der Waals surface area contributed by atoms with E-state index in [4.69, 9.17) is 0 Å². The molecule has 1 fully saturated rings. The molecule has 0 saturated heterocycles. The Balaban J connectivity index is 1.49. The lowest BCUT2D eigenvalue weighted by Gasteiger charge is -2.20. The molecule has 33 heavy (non-hydrogen) atoms. The number of aromatic nitrogens is 3. The first-order valence-electron chi connectivity index (χ1n) is 11.2. The summed E-state index contributed by atoms with van der Waals surface area (Å²) in [4.78, 5) is 35.3. The van der Waals surface area contributed by atoms with Crippen molar-refractivity contribution in [3.63, 3.8) is 0 Å². The normalized spacial score (nSPS) is 20.2.